The standard InChI is InChI=1S/C20H16ClF3N4O/c1-3-17-13-8-7-12(19-25-11(2)27-29-19)9-18(13)28(26-17)10-14-15(20(22,23)24)5-4-6-16(14)21/h4-9H,3,10H2,1-2H3. The fourth-order valence-corrected chi connectivity index (χ4v) is 3.54. The summed E-state index contributed by atoms with van der Waals surface area (Å²) in [5.41, 5.74) is 1.33. The summed E-state index contributed by atoms with van der Waals surface area (Å²) in [5, 5.41) is 9.22. The van der Waals surface area contributed by atoms with Crippen LogP contribution in [0.25, 0.3) is 22.4 Å². The van der Waals surface area contributed by atoms with Crippen molar-refractivity contribution in [1.29, 1.82) is 0 Å². The van der Waals surface area contributed by atoms with Gasteiger partial charge in [0.05, 0.1) is 23.3 Å². The summed E-state index contributed by atoms with van der Waals surface area (Å²) in [4.78, 5) is 4.21. The molecule has 4 rings (SSSR count). The molecule has 0 unspecified atom stereocenters. The van der Waals surface area contributed by atoms with Crippen molar-refractivity contribution in [2.75, 3.05) is 0 Å². The molecule has 4 aromatic rings. The van der Waals surface area contributed by atoms with Gasteiger partial charge in [0.15, 0.2) is 5.82 Å². The predicted molar refractivity (Wildman–Crippen MR) is 103 cm³/mol. The molecule has 0 spiro atoms. The molecule has 0 saturated carbocycles. The number of halogens is 4. The molecule has 0 aliphatic rings. The maximum Gasteiger partial charge on any atom is 0.416 e. The van der Waals surface area contributed by atoms with E-state index in [1.165, 1.54) is 16.8 Å². The second-order valence-electron chi connectivity index (χ2n) is 6.60. The van der Waals surface area contributed by atoms with Crippen molar-refractivity contribution in [1.82, 2.24) is 19.9 Å². The molecule has 0 amide bonds. The van der Waals surface area contributed by atoms with E-state index in [0.717, 1.165) is 17.1 Å². The van der Waals surface area contributed by atoms with E-state index in [2.05, 4.69) is 15.2 Å². The molecule has 9 heteroatoms. The van der Waals surface area contributed by atoms with Gasteiger partial charge < -0.3 is 4.52 Å². The zero-order valence-electron chi connectivity index (χ0n) is 15.6. The van der Waals surface area contributed by atoms with E-state index < -0.39 is 11.7 Å². The molecule has 2 aromatic carbocycles. The zero-order valence-corrected chi connectivity index (χ0v) is 16.3. The Morgan fingerprint density at radius 2 is 1.97 bits per heavy atom. The normalized spacial score (nSPS) is 12.1. The SMILES string of the molecule is CCc1nn(Cc2c(Cl)cccc2C(F)(F)F)c2cc(-c3nc(C)no3)ccc12. The fourth-order valence-electron chi connectivity index (χ4n) is 3.31. The van der Waals surface area contributed by atoms with Gasteiger partial charge in [-0.15, -0.1) is 0 Å². The first-order valence-electron chi connectivity index (χ1n) is 8.92. The number of aryl methyl sites for hydroxylation is 2. The summed E-state index contributed by atoms with van der Waals surface area (Å²) in [5.74, 6) is 0.831. The quantitative estimate of drug-likeness (QED) is 0.426. The van der Waals surface area contributed by atoms with Crippen LogP contribution >= 0.6 is 11.6 Å². The number of nitrogens with zero attached hydrogens (tertiary/aromatic N) is 4. The van der Waals surface area contributed by atoms with Gasteiger partial charge in [0.25, 0.3) is 5.89 Å². The summed E-state index contributed by atoms with van der Waals surface area (Å²) >= 11 is 6.13. The highest BCUT2D eigenvalue weighted by Crippen LogP contribution is 2.36. The third kappa shape index (κ3) is 3.60. The first-order chi connectivity index (χ1) is 13.8. The van der Waals surface area contributed by atoms with Gasteiger partial charge in [-0.1, -0.05) is 35.8 Å². The molecular weight excluding hydrogens is 405 g/mol. The maximum absolute atomic E-state index is 13.5. The number of fused-ring (bicyclic) bond motifs is 1. The minimum absolute atomic E-state index is 0.0206. The Kier molecular flexibility index (Phi) is 4.82. The van der Waals surface area contributed by atoms with Crippen molar-refractivity contribution in [3.63, 3.8) is 0 Å². The van der Waals surface area contributed by atoms with Crippen molar-refractivity contribution in [3.8, 4) is 11.5 Å². The third-order valence-corrected chi connectivity index (χ3v) is 5.02. The lowest BCUT2D eigenvalue weighted by Gasteiger charge is -2.15. The van der Waals surface area contributed by atoms with Crippen molar-refractivity contribution in [2.45, 2.75) is 33.0 Å². The van der Waals surface area contributed by atoms with E-state index in [9.17, 15) is 13.2 Å². The van der Waals surface area contributed by atoms with Crippen molar-refractivity contribution >= 4 is 22.5 Å². The van der Waals surface area contributed by atoms with E-state index in [-0.39, 0.29) is 17.1 Å². The van der Waals surface area contributed by atoms with Crippen LogP contribution in [0.2, 0.25) is 5.02 Å². The number of rotatable bonds is 4. The smallest absolute Gasteiger partial charge is 0.334 e. The number of aromatic nitrogens is 4. The van der Waals surface area contributed by atoms with Gasteiger partial charge in [0.2, 0.25) is 0 Å². The van der Waals surface area contributed by atoms with Gasteiger partial charge in [-0.25, -0.2) is 0 Å². The first kappa shape index (κ1) is 19.4. The fraction of sp³-hybridized carbons (Fsp3) is 0.250. The number of alkyl halides is 3. The lowest BCUT2D eigenvalue weighted by Crippen LogP contribution is -2.13. The maximum atomic E-state index is 13.5. The molecule has 150 valence electrons. The minimum atomic E-state index is -4.51. The third-order valence-electron chi connectivity index (χ3n) is 4.67. The molecule has 0 aliphatic carbocycles. The molecule has 29 heavy (non-hydrogen) atoms. The molecule has 0 radical (unpaired) electrons. The van der Waals surface area contributed by atoms with Crippen LogP contribution in [0.5, 0.6) is 0 Å². The number of hydrogen-bond donors (Lipinski definition) is 0. The highest BCUT2D eigenvalue weighted by Gasteiger charge is 2.34. The molecule has 0 aliphatic heterocycles. The van der Waals surface area contributed by atoms with E-state index in [4.69, 9.17) is 16.1 Å². The summed E-state index contributed by atoms with van der Waals surface area (Å²) < 4.78 is 47.2. The van der Waals surface area contributed by atoms with Crippen molar-refractivity contribution < 1.29 is 17.7 Å². The van der Waals surface area contributed by atoms with Crippen LogP contribution in [0.15, 0.2) is 40.9 Å². The topological polar surface area (TPSA) is 56.7 Å². The Labute approximate surface area is 169 Å². The van der Waals surface area contributed by atoms with E-state index in [0.29, 0.717) is 29.2 Å². The Hall–Kier alpha value is -2.87. The molecule has 0 bridgehead atoms. The molecule has 2 aromatic heterocycles. The molecule has 0 atom stereocenters. The van der Waals surface area contributed by atoms with E-state index >= 15 is 0 Å². The first-order valence-corrected chi connectivity index (χ1v) is 9.30. The Balaban J connectivity index is 1.86. The Morgan fingerprint density at radius 1 is 1.17 bits per heavy atom. The van der Waals surface area contributed by atoms with Crippen LogP contribution in [-0.4, -0.2) is 19.9 Å². The van der Waals surface area contributed by atoms with E-state index in [1.54, 1.807) is 13.0 Å². The monoisotopic (exact) mass is 420 g/mol. The summed E-state index contributed by atoms with van der Waals surface area (Å²) in [7, 11) is 0. The summed E-state index contributed by atoms with van der Waals surface area (Å²) in [6.07, 6.45) is -3.87. The van der Waals surface area contributed by atoms with Crippen LogP contribution in [0.4, 0.5) is 13.2 Å². The Bertz CT molecular complexity index is 1200. The minimum Gasteiger partial charge on any atom is -0.334 e. The highest BCUT2D eigenvalue weighted by atomic mass is 35.5. The van der Waals surface area contributed by atoms with Gasteiger partial charge in [0.1, 0.15) is 0 Å². The largest absolute Gasteiger partial charge is 0.416 e. The lowest BCUT2D eigenvalue weighted by atomic mass is 10.1. The molecule has 0 N–H and O–H groups in total. The van der Waals surface area contributed by atoms with Gasteiger partial charge in [-0.05, 0) is 37.6 Å². The zero-order chi connectivity index (χ0) is 20.8. The predicted octanol–water partition coefficient (Wildman–Crippen LogP) is 5.68. The Morgan fingerprint density at radius 3 is 2.62 bits per heavy atom. The van der Waals surface area contributed by atoms with Gasteiger partial charge >= 0.3 is 6.18 Å². The van der Waals surface area contributed by atoms with E-state index in [1.807, 2.05) is 19.1 Å². The van der Waals surface area contributed by atoms with Crippen LogP contribution in [0.1, 0.15) is 29.6 Å². The van der Waals surface area contributed by atoms with Crippen molar-refractivity contribution in [2.24, 2.45) is 0 Å². The van der Waals surface area contributed by atoms with Gasteiger partial charge in [0, 0.05) is 21.5 Å². The highest BCUT2D eigenvalue weighted by molar-refractivity contribution is 6.31. The molecule has 2 heterocycles. The van der Waals surface area contributed by atoms with Crippen molar-refractivity contribution in [3.05, 3.63) is 64.1 Å². The number of benzene rings is 2. The lowest BCUT2D eigenvalue weighted by molar-refractivity contribution is -0.138. The average molecular weight is 421 g/mol. The van der Waals surface area contributed by atoms with Crippen LogP contribution in [0.3, 0.4) is 0 Å². The summed E-state index contributed by atoms with van der Waals surface area (Å²) in [6, 6.07) is 9.26. The molecule has 0 fully saturated rings. The summed E-state index contributed by atoms with van der Waals surface area (Å²) in [6.45, 7) is 3.54. The van der Waals surface area contributed by atoms with Crippen LogP contribution < -0.4 is 0 Å². The molecule has 0 saturated heterocycles. The molecular formula is C20H16ClF3N4O. The second-order valence-corrected chi connectivity index (χ2v) is 7.01. The van der Waals surface area contributed by atoms with Gasteiger partial charge in [-0.3, -0.25) is 4.68 Å². The second kappa shape index (κ2) is 7.18. The molecule has 5 nitrogen and oxygen atoms in total. The average Bonchev–Trinajstić information content (AvgIpc) is 3.25. The van der Waals surface area contributed by atoms with Crippen LogP contribution in [0, 0.1) is 6.92 Å². The number of hydrogen-bond acceptors (Lipinski definition) is 4. The van der Waals surface area contributed by atoms with Gasteiger partial charge in [-0.2, -0.15) is 23.3 Å². The van der Waals surface area contributed by atoms with Crippen LogP contribution in [-0.2, 0) is 19.1 Å².